The number of hydrogen-bond donors (Lipinski definition) is 0. The number of carbonyl (C=O) groups excluding carboxylic acids is 1. The molecule has 1 saturated carbocycles. The summed E-state index contributed by atoms with van der Waals surface area (Å²) in [5.41, 5.74) is 0. The second-order valence-electron chi connectivity index (χ2n) is 4.48. The van der Waals surface area contributed by atoms with Gasteiger partial charge in [0.25, 0.3) is 0 Å². The van der Waals surface area contributed by atoms with Gasteiger partial charge in [0.1, 0.15) is 6.10 Å². The van der Waals surface area contributed by atoms with E-state index in [1.165, 1.54) is 32.6 Å². The van der Waals surface area contributed by atoms with E-state index in [4.69, 9.17) is 4.74 Å². The second kappa shape index (κ2) is 5.38. The van der Waals surface area contributed by atoms with Crippen LogP contribution in [0.2, 0.25) is 0 Å². The number of rotatable bonds is 3. The van der Waals surface area contributed by atoms with Gasteiger partial charge >= 0.3 is 5.97 Å². The Morgan fingerprint density at radius 3 is 2.64 bits per heavy atom. The van der Waals surface area contributed by atoms with Crippen molar-refractivity contribution in [3.05, 3.63) is 0 Å². The molecule has 1 rings (SSSR count). The summed E-state index contributed by atoms with van der Waals surface area (Å²) in [7, 11) is 0. The Bertz CT molecular complexity index is 189. The molecule has 82 valence electrons. The van der Waals surface area contributed by atoms with Crippen LogP contribution in [0.1, 0.15) is 52.9 Å². The molecule has 0 aliphatic heterocycles. The van der Waals surface area contributed by atoms with Crippen molar-refractivity contribution >= 4 is 5.97 Å². The van der Waals surface area contributed by atoms with Gasteiger partial charge in [-0.2, -0.15) is 0 Å². The summed E-state index contributed by atoms with van der Waals surface area (Å²) in [6, 6.07) is 0. The van der Waals surface area contributed by atoms with E-state index >= 15 is 0 Å². The van der Waals surface area contributed by atoms with Gasteiger partial charge in [0, 0.05) is 6.92 Å². The van der Waals surface area contributed by atoms with E-state index in [-0.39, 0.29) is 12.1 Å². The first-order valence-corrected chi connectivity index (χ1v) is 5.82. The first kappa shape index (κ1) is 11.5. The molecule has 3 atom stereocenters. The standard InChI is InChI=1S/C12H22O2/c1-4-9(2)11-7-5-6-8-12(11)14-10(3)13/h9,11-12H,4-8H2,1-3H3. The van der Waals surface area contributed by atoms with Crippen LogP contribution in [0.3, 0.4) is 0 Å². The van der Waals surface area contributed by atoms with Crippen LogP contribution in [0.4, 0.5) is 0 Å². The largest absolute Gasteiger partial charge is 0.462 e. The minimum Gasteiger partial charge on any atom is -0.462 e. The first-order chi connectivity index (χ1) is 6.65. The zero-order valence-electron chi connectivity index (χ0n) is 9.58. The Balaban J connectivity index is 2.54. The first-order valence-electron chi connectivity index (χ1n) is 5.82. The predicted octanol–water partition coefficient (Wildman–Crippen LogP) is 3.15. The summed E-state index contributed by atoms with van der Waals surface area (Å²) in [6.45, 7) is 6.00. The van der Waals surface area contributed by atoms with Gasteiger partial charge in [-0.05, 0) is 31.1 Å². The third-order valence-corrected chi connectivity index (χ3v) is 3.45. The fraction of sp³-hybridized carbons (Fsp3) is 0.917. The van der Waals surface area contributed by atoms with Crippen LogP contribution in [0.5, 0.6) is 0 Å². The molecule has 0 spiro atoms. The van der Waals surface area contributed by atoms with E-state index in [9.17, 15) is 4.79 Å². The highest BCUT2D eigenvalue weighted by Gasteiger charge is 2.30. The molecule has 0 saturated heterocycles. The molecule has 0 aromatic heterocycles. The van der Waals surface area contributed by atoms with Gasteiger partial charge in [-0.25, -0.2) is 0 Å². The van der Waals surface area contributed by atoms with Crippen molar-refractivity contribution in [1.82, 2.24) is 0 Å². The van der Waals surface area contributed by atoms with Crippen molar-refractivity contribution in [2.45, 2.75) is 59.0 Å². The highest BCUT2D eigenvalue weighted by atomic mass is 16.5. The van der Waals surface area contributed by atoms with Gasteiger partial charge in [-0.1, -0.05) is 26.7 Å². The van der Waals surface area contributed by atoms with Crippen molar-refractivity contribution in [2.24, 2.45) is 11.8 Å². The lowest BCUT2D eigenvalue weighted by Crippen LogP contribution is -2.33. The fourth-order valence-corrected chi connectivity index (χ4v) is 2.44. The lowest BCUT2D eigenvalue weighted by atomic mass is 9.77. The SMILES string of the molecule is CCC(C)C1CCCCC1OC(C)=O. The highest BCUT2D eigenvalue weighted by molar-refractivity contribution is 5.66. The zero-order chi connectivity index (χ0) is 10.6. The Morgan fingerprint density at radius 2 is 2.07 bits per heavy atom. The molecular formula is C12H22O2. The summed E-state index contributed by atoms with van der Waals surface area (Å²) < 4.78 is 5.39. The summed E-state index contributed by atoms with van der Waals surface area (Å²) >= 11 is 0. The van der Waals surface area contributed by atoms with Crippen LogP contribution in [0, 0.1) is 11.8 Å². The highest BCUT2D eigenvalue weighted by Crippen LogP contribution is 2.33. The Labute approximate surface area is 87.0 Å². The molecule has 0 heterocycles. The maximum atomic E-state index is 10.9. The Kier molecular flexibility index (Phi) is 4.43. The van der Waals surface area contributed by atoms with Gasteiger partial charge in [0.05, 0.1) is 0 Å². The predicted molar refractivity (Wildman–Crippen MR) is 57.0 cm³/mol. The van der Waals surface area contributed by atoms with Crippen LogP contribution < -0.4 is 0 Å². The summed E-state index contributed by atoms with van der Waals surface area (Å²) in [5.74, 6) is 1.16. The molecular weight excluding hydrogens is 176 g/mol. The van der Waals surface area contributed by atoms with Gasteiger partial charge in [-0.15, -0.1) is 0 Å². The van der Waals surface area contributed by atoms with Crippen molar-refractivity contribution in [3.63, 3.8) is 0 Å². The minimum absolute atomic E-state index is 0.120. The second-order valence-corrected chi connectivity index (χ2v) is 4.48. The smallest absolute Gasteiger partial charge is 0.302 e. The van der Waals surface area contributed by atoms with Crippen LogP contribution in [0.15, 0.2) is 0 Å². The monoisotopic (exact) mass is 198 g/mol. The molecule has 2 nitrogen and oxygen atoms in total. The van der Waals surface area contributed by atoms with E-state index < -0.39 is 0 Å². The third kappa shape index (κ3) is 3.00. The number of hydrogen-bond acceptors (Lipinski definition) is 2. The molecule has 0 aromatic rings. The van der Waals surface area contributed by atoms with Gasteiger partial charge in [0.2, 0.25) is 0 Å². The molecule has 1 aliphatic carbocycles. The molecule has 0 bridgehead atoms. The molecule has 3 unspecified atom stereocenters. The van der Waals surface area contributed by atoms with Crippen molar-refractivity contribution in [2.75, 3.05) is 0 Å². The van der Waals surface area contributed by atoms with Gasteiger partial charge in [0.15, 0.2) is 0 Å². The van der Waals surface area contributed by atoms with Crippen LogP contribution in [-0.4, -0.2) is 12.1 Å². The average molecular weight is 198 g/mol. The van der Waals surface area contributed by atoms with E-state index in [2.05, 4.69) is 13.8 Å². The van der Waals surface area contributed by atoms with Crippen molar-refractivity contribution in [1.29, 1.82) is 0 Å². The molecule has 0 N–H and O–H groups in total. The molecule has 0 radical (unpaired) electrons. The normalized spacial score (nSPS) is 29.6. The van der Waals surface area contributed by atoms with Gasteiger partial charge < -0.3 is 4.74 Å². The summed E-state index contributed by atoms with van der Waals surface area (Å²) in [5, 5.41) is 0. The zero-order valence-corrected chi connectivity index (χ0v) is 9.58. The quantitative estimate of drug-likeness (QED) is 0.651. The fourth-order valence-electron chi connectivity index (χ4n) is 2.44. The number of ether oxygens (including phenoxy) is 1. The topological polar surface area (TPSA) is 26.3 Å². The van der Waals surface area contributed by atoms with E-state index in [1.807, 2.05) is 0 Å². The van der Waals surface area contributed by atoms with E-state index in [0.29, 0.717) is 11.8 Å². The van der Waals surface area contributed by atoms with Crippen molar-refractivity contribution in [3.8, 4) is 0 Å². The minimum atomic E-state index is -0.120. The average Bonchev–Trinajstić information content (AvgIpc) is 2.16. The van der Waals surface area contributed by atoms with Crippen molar-refractivity contribution < 1.29 is 9.53 Å². The van der Waals surface area contributed by atoms with E-state index in [0.717, 1.165) is 6.42 Å². The molecule has 0 amide bonds. The Morgan fingerprint density at radius 1 is 1.43 bits per heavy atom. The van der Waals surface area contributed by atoms with Crippen LogP contribution in [-0.2, 0) is 9.53 Å². The lowest BCUT2D eigenvalue weighted by Gasteiger charge is -2.34. The maximum absolute atomic E-state index is 10.9. The molecule has 0 aromatic carbocycles. The Hall–Kier alpha value is -0.530. The van der Waals surface area contributed by atoms with E-state index in [1.54, 1.807) is 0 Å². The number of esters is 1. The summed E-state index contributed by atoms with van der Waals surface area (Å²) in [6.07, 6.45) is 6.18. The van der Waals surface area contributed by atoms with Gasteiger partial charge in [-0.3, -0.25) is 4.79 Å². The molecule has 1 fully saturated rings. The third-order valence-electron chi connectivity index (χ3n) is 3.45. The molecule has 2 heteroatoms. The number of carbonyl (C=O) groups is 1. The molecule has 14 heavy (non-hydrogen) atoms. The van der Waals surface area contributed by atoms with Crippen LogP contribution >= 0.6 is 0 Å². The maximum Gasteiger partial charge on any atom is 0.302 e. The lowest BCUT2D eigenvalue weighted by molar-refractivity contribution is -0.152. The molecule has 1 aliphatic rings. The summed E-state index contributed by atoms with van der Waals surface area (Å²) in [4.78, 5) is 10.9. The van der Waals surface area contributed by atoms with Crippen LogP contribution in [0.25, 0.3) is 0 Å².